The molecule has 0 aliphatic carbocycles. The van der Waals surface area contributed by atoms with Crippen molar-refractivity contribution in [2.75, 3.05) is 0 Å². The summed E-state index contributed by atoms with van der Waals surface area (Å²) in [6, 6.07) is 0. The number of aromatic amines is 1. The van der Waals surface area contributed by atoms with Gasteiger partial charge in [0.25, 0.3) is 0 Å². The SMILES string of the molecule is CCc1[nH]nc(Cl)c1I. The van der Waals surface area contributed by atoms with E-state index in [1.165, 1.54) is 0 Å². The van der Waals surface area contributed by atoms with Gasteiger partial charge in [0, 0.05) is 5.69 Å². The van der Waals surface area contributed by atoms with E-state index in [0.717, 1.165) is 15.7 Å². The fraction of sp³-hybridized carbons (Fsp3) is 0.400. The van der Waals surface area contributed by atoms with E-state index in [2.05, 4.69) is 39.7 Å². The summed E-state index contributed by atoms with van der Waals surface area (Å²) in [5.74, 6) is 0. The minimum atomic E-state index is 0.576. The van der Waals surface area contributed by atoms with Crippen molar-refractivity contribution in [2.45, 2.75) is 13.3 Å². The molecule has 1 aromatic heterocycles. The monoisotopic (exact) mass is 256 g/mol. The van der Waals surface area contributed by atoms with Crippen molar-refractivity contribution in [3.05, 3.63) is 14.4 Å². The van der Waals surface area contributed by atoms with Crippen LogP contribution in [0.4, 0.5) is 0 Å². The van der Waals surface area contributed by atoms with E-state index in [1.54, 1.807) is 0 Å². The number of rotatable bonds is 1. The van der Waals surface area contributed by atoms with E-state index >= 15 is 0 Å². The molecule has 9 heavy (non-hydrogen) atoms. The lowest BCUT2D eigenvalue weighted by molar-refractivity contribution is 0.971. The Labute approximate surface area is 72.1 Å². The van der Waals surface area contributed by atoms with E-state index < -0.39 is 0 Å². The summed E-state index contributed by atoms with van der Waals surface area (Å²) in [6.45, 7) is 2.06. The van der Waals surface area contributed by atoms with E-state index in [9.17, 15) is 0 Å². The van der Waals surface area contributed by atoms with Gasteiger partial charge >= 0.3 is 0 Å². The molecule has 0 bridgehead atoms. The van der Waals surface area contributed by atoms with E-state index in [0.29, 0.717) is 5.15 Å². The van der Waals surface area contributed by atoms with Gasteiger partial charge in [0.2, 0.25) is 0 Å². The van der Waals surface area contributed by atoms with Crippen LogP contribution in [0.3, 0.4) is 0 Å². The summed E-state index contributed by atoms with van der Waals surface area (Å²) in [5.41, 5.74) is 1.11. The van der Waals surface area contributed by atoms with Crippen molar-refractivity contribution in [3.63, 3.8) is 0 Å². The molecule has 0 spiro atoms. The molecule has 50 valence electrons. The molecular weight excluding hydrogens is 250 g/mol. The van der Waals surface area contributed by atoms with Crippen LogP contribution < -0.4 is 0 Å². The lowest BCUT2D eigenvalue weighted by Crippen LogP contribution is -1.80. The molecule has 0 saturated heterocycles. The van der Waals surface area contributed by atoms with Crippen LogP contribution in [0.25, 0.3) is 0 Å². The molecule has 1 N–H and O–H groups in total. The van der Waals surface area contributed by atoms with E-state index in [-0.39, 0.29) is 0 Å². The lowest BCUT2D eigenvalue weighted by atomic mass is 10.3. The smallest absolute Gasteiger partial charge is 0.164 e. The first kappa shape index (κ1) is 7.34. The topological polar surface area (TPSA) is 28.7 Å². The Bertz CT molecular complexity index is 209. The average Bonchev–Trinajstić information content (AvgIpc) is 2.15. The first-order valence-electron chi connectivity index (χ1n) is 2.64. The number of hydrogen-bond donors (Lipinski definition) is 1. The number of halogens is 2. The van der Waals surface area contributed by atoms with Gasteiger partial charge in [-0.3, -0.25) is 5.10 Å². The van der Waals surface area contributed by atoms with Crippen molar-refractivity contribution in [1.82, 2.24) is 10.2 Å². The molecule has 4 heteroatoms. The third kappa shape index (κ3) is 1.38. The zero-order valence-electron chi connectivity index (χ0n) is 4.91. The molecule has 1 rings (SSSR count). The molecule has 1 aromatic rings. The van der Waals surface area contributed by atoms with Gasteiger partial charge in [0.15, 0.2) is 5.15 Å². The zero-order chi connectivity index (χ0) is 6.85. The van der Waals surface area contributed by atoms with Crippen molar-refractivity contribution < 1.29 is 0 Å². The zero-order valence-corrected chi connectivity index (χ0v) is 7.82. The van der Waals surface area contributed by atoms with Crippen molar-refractivity contribution in [3.8, 4) is 0 Å². The quantitative estimate of drug-likeness (QED) is 0.767. The van der Waals surface area contributed by atoms with Gasteiger partial charge < -0.3 is 0 Å². The lowest BCUT2D eigenvalue weighted by Gasteiger charge is -1.86. The Morgan fingerprint density at radius 3 is 2.67 bits per heavy atom. The van der Waals surface area contributed by atoms with Crippen molar-refractivity contribution in [2.24, 2.45) is 0 Å². The number of aryl methyl sites for hydroxylation is 1. The van der Waals surface area contributed by atoms with Gasteiger partial charge in [-0.15, -0.1) is 0 Å². The number of aromatic nitrogens is 2. The molecule has 0 unspecified atom stereocenters. The molecule has 0 radical (unpaired) electrons. The molecule has 2 nitrogen and oxygen atoms in total. The number of H-pyrrole nitrogens is 1. The fourth-order valence-corrected chi connectivity index (χ4v) is 1.35. The fourth-order valence-electron chi connectivity index (χ4n) is 0.573. The summed E-state index contributed by atoms with van der Waals surface area (Å²) < 4.78 is 1.04. The maximum absolute atomic E-state index is 5.66. The Kier molecular flexibility index (Phi) is 2.35. The molecule has 0 saturated carbocycles. The largest absolute Gasteiger partial charge is 0.280 e. The van der Waals surface area contributed by atoms with Gasteiger partial charge in [0.05, 0.1) is 3.57 Å². The van der Waals surface area contributed by atoms with Crippen molar-refractivity contribution >= 4 is 34.2 Å². The van der Waals surface area contributed by atoms with Crippen LogP contribution in [0.2, 0.25) is 5.15 Å². The minimum Gasteiger partial charge on any atom is -0.280 e. The second kappa shape index (κ2) is 2.88. The third-order valence-electron chi connectivity index (χ3n) is 1.09. The maximum Gasteiger partial charge on any atom is 0.164 e. The Hall–Kier alpha value is 0.230. The van der Waals surface area contributed by atoms with Gasteiger partial charge in [-0.2, -0.15) is 5.10 Å². The van der Waals surface area contributed by atoms with Gasteiger partial charge in [-0.25, -0.2) is 0 Å². The summed E-state index contributed by atoms with van der Waals surface area (Å²) >= 11 is 7.83. The minimum absolute atomic E-state index is 0.576. The van der Waals surface area contributed by atoms with Crippen LogP contribution >= 0.6 is 34.2 Å². The Morgan fingerprint density at radius 2 is 2.44 bits per heavy atom. The molecule has 0 aliphatic heterocycles. The molecular formula is C5H6ClIN2. The highest BCUT2D eigenvalue weighted by Crippen LogP contribution is 2.18. The maximum atomic E-state index is 5.66. The first-order chi connectivity index (χ1) is 4.25. The summed E-state index contributed by atoms with van der Waals surface area (Å²) in [5, 5.41) is 7.23. The molecule has 0 aromatic carbocycles. The van der Waals surface area contributed by atoms with Crippen LogP contribution in [-0.4, -0.2) is 10.2 Å². The standard InChI is InChI=1S/C5H6ClIN2/c1-2-3-4(7)5(6)9-8-3/h2H2,1H3,(H,8,9). The van der Waals surface area contributed by atoms with Crippen molar-refractivity contribution in [1.29, 1.82) is 0 Å². The Morgan fingerprint density at radius 1 is 1.78 bits per heavy atom. The van der Waals surface area contributed by atoms with E-state index in [4.69, 9.17) is 11.6 Å². The predicted octanol–water partition coefficient (Wildman–Crippen LogP) is 2.23. The van der Waals surface area contributed by atoms with Gasteiger partial charge in [-0.05, 0) is 29.0 Å². The molecule has 0 fully saturated rings. The summed E-state index contributed by atoms with van der Waals surface area (Å²) in [6.07, 6.45) is 0.956. The molecule has 0 aliphatic rings. The van der Waals surface area contributed by atoms with E-state index in [1.807, 2.05) is 0 Å². The van der Waals surface area contributed by atoms with Crippen LogP contribution in [0, 0.1) is 3.57 Å². The second-order valence-electron chi connectivity index (χ2n) is 1.66. The number of hydrogen-bond acceptors (Lipinski definition) is 1. The number of nitrogens with one attached hydrogen (secondary N) is 1. The van der Waals surface area contributed by atoms with Crippen LogP contribution in [0.15, 0.2) is 0 Å². The first-order valence-corrected chi connectivity index (χ1v) is 4.09. The molecule has 0 amide bonds. The van der Waals surface area contributed by atoms with Gasteiger partial charge in [0.1, 0.15) is 0 Å². The average molecular weight is 256 g/mol. The highest BCUT2D eigenvalue weighted by Gasteiger charge is 2.04. The summed E-state index contributed by atoms with van der Waals surface area (Å²) in [7, 11) is 0. The van der Waals surface area contributed by atoms with Crippen LogP contribution in [0.5, 0.6) is 0 Å². The Balaban J connectivity index is 3.04. The molecule has 1 heterocycles. The highest BCUT2D eigenvalue weighted by molar-refractivity contribution is 14.1. The summed E-state index contributed by atoms with van der Waals surface area (Å²) in [4.78, 5) is 0. The van der Waals surface area contributed by atoms with Crippen LogP contribution in [-0.2, 0) is 6.42 Å². The van der Waals surface area contributed by atoms with Crippen LogP contribution in [0.1, 0.15) is 12.6 Å². The third-order valence-corrected chi connectivity index (χ3v) is 2.84. The molecule has 0 atom stereocenters. The normalized spacial score (nSPS) is 10.1. The number of nitrogens with zero attached hydrogens (tertiary/aromatic N) is 1. The highest BCUT2D eigenvalue weighted by atomic mass is 127. The second-order valence-corrected chi connectivity index (χ2v) is 3.10. The van der Waals surface area contributed by atoms with Gasteiger partial charge in [-0.1, -0.05) is 18.5 Å². The predicted molar refractivity (Wildman–Crippen MR) is 45.7 cm³/mol.